The third kappa shape index (κ3) is 1.68. The predicted octanol–water partition coefficient (Wildman–Crippen LogP) is 3.21. The molecular weight excluding hydrogens is 240 g/mol. The molecule has 2 heterocycles. The molecule has 4 nitrogen and oxygen atoms in total. The van der Waals surface area contributed by atoms with Crippen LogP contribution in [0.4, 0.5) is 0 Å². The topological polar surface area (TPSA) is 48.0 Å². The third-order valence-corrected chi connectivity index (χ3v) is 3.38. The molecule has 0 aliphatic rings. The molecule has 0 amide bonds. The Kier molecular flexibility index (Phi) is 2.71. The fraction of sp³-hybridized carbons (Fsp3) is 0.200. The summed E-state index contributed by atoms with van der Waals surface area (Å²) in [5.41, 5.74) is 2.80. The average Bonchev–Trinajstić information content (AvgIpc) is 2.98. The molecule has 0 radical (unpaired) electrons. The summed E-state index contributed by atoms with van der Waals surface area (Å²) in [5.74, 6) is 1.34. The van der Waals surface area contributed by atoms with Gasteiger partial charge in [-0.05, 0) is 6.07 Å². The molecule has 0 aliphatic heterocycles. The molecule has 0 atom stereocenters. The number of aryl methyl sites for hydroxylation is 1. The second-order valence-corrected chi connectivity index (χ2v) is 4.43. The average molecular weight is 254 g/mol. The molecule has 1 aromatic carbocycles. The molecule has 0 saturated carbocycles. The molecule has 0 spiro atoms. The van der Waals surface area contributed by atoms with Gasteiger partial charge in [0.15, 0.2) is 12.1 Å². The first-order valence-corrected chi connectivity index (χ1v) is 6.24. The number of aldehydes is 1. The molecule has 0 saturated heterocycles. The highest BCUT2D eigenvalue weighted by molar-refractivity contribution is 5.95. The van der Waals surface area contributed by atoms with E-state index in [1.54, 1.807) is 10.8 Å². The molecule has 0 N–H and O–H groups in total. The van der Waals surface area contributed by atoms with Crippen molar-refractivity contribution in [3.8, 4) is 11.3 Å². The van der Waals surface area contributed by atoms with E-state index in [0.717, 1.165) is 40.7 Å². The molecule has 96 valence electrons. The highest BCUT2D eigenvalue weighted by Gasteiger charge is 2.18. The fourth-order valence-electron chi connectivity index (χ4n) is 2.39. The van der Waals surface area contributed by atoms with Crippen LogP contribution in [-0.2, 0) is 13.5 Å². The molecule has 19 heavy (non-hydrogen) atoms. The first kappa shape index (κ1) is 11.7. The molecule has 0 bridgehead atoms. The van der Waals surface area contributed by atoms with Crippen LogP contribution in [0.15, 0.2) is 34.9 Å². The van der Waals surface area contributed by atoms with Crippen molar-refractivity contribution in [2.24, 2.45) is 7.05 Å². The number of nitrogens with zero attached hydrogens (tertiary/aromatic N) is 2. The smallest absolute Gasteiger partial charge is 0.185 e. The van der Waals surface area contributed by atoms with Crippen LogP contribution in [0.1, 0.15) is 23.3 Å². The van der Waals surface area contributed by atoms with E-state index in [4.69, 9.17) is 4.42 Å². The predicted molar refractivity (Wildman–Crippen MR) is 73.2 cm³/mol. The standard InChI is InChI=1S/C15H14N2O2/c1-3-12-15(10-6-4-5-7-13(10)19-12)11-8-16-14(9-18)17(11)2/h4-9H,3H2,1-2H3. The van der Waals surface area contributed by atoms with Gasteiger partial charge in [0, 0.05) is 24.4 Å². The number of para-hydroxylation sites is 1. The summed E-state index contributed by atoms with van der Waals surface area (Å²) in [6, 6.07) is 7.92. The van der Waals surface area contributed by atoms with Crippen LogP contribution in [-0.4, -0.2) is 15.8 Å². The number of furan rings is 1. The number of hydrogen-bond donors (Lipinski definition) is 0. The van der Waals surface area contributed by atoms with Crippen molar-refractivity contribution in [2.75, 3.05) is 0 Å². The van der Waals surface area contributed by atoms with Gasteiger partial charge in [0.25, 0.3) is 0 Å². The number of carbonyl (C=O) groups is 1. The van der Waals surface area contributed by atoms with E-state index in [2.05, 4.69) is 11.9 Å². The zero-order chi connectivity index (χ0) is 13.4. The maximum absolute atomic E-state index is 10.9. The van der Waals surface area contributed by atoms with Crippen molar-refractivity contribution in [3.63, 3.8) is 0 Å². The molecular formula is C15H14N2O2. The van der Waals surface area contributed by atoms with E-state index in [-0.39, 0.29) is 0 Å². The van der Waals surface area contributed by atoms with Gasteiger partial charge in [0.2, 0.25) is 0 Å². The molecule has 0 fully saturated rings. The zero-order valence-electron chi connectivity index (χ0n) is 10.9. The summed E-state index contributed by atoms with van der Waals surface area (Å²) >= 11 is 0. The van der Waals surface area contributed by atoms with Crippen LogP contribution in [0, 0.1) is 0 Å². The first-order valence-electron chi connectivity index (χ1n) is 6.24. The van der Waals surface area contributed by atoms with Gasteiger partial charge in [-0.2, -0.15) is 0 Å². The van der Waals surface area contributed by atoms with Crippen molar-refractivity contribution >= 4 is 17.3 Å². The van der Waals surface area contributed by atoms with Crippen molar-refractivity contribution in [1.82, 2.24) is 9.55 Å². The lowest BCUT2D eigenvalue weighted by Gasteiger charge is -2.03. The molecule has 3 rings (SSSR count). The van der Waals surface area contributed by atoms with Crippen molar-refractivity contribution in [2.45, 2.75) is 13.3 Å². The minimum Gasteiger partial charge on any atom is -0.460 e. The SMILES string of the molecule is CCc1oc2ccccc2c1-c1cnc(C=O)n1C. The van der Waals surface area contributed by atoms with Gasteiger partial charge in [-0.25, -0.2) is 4.98 Å². The van der Waals surface area contributed by atoms with Crippen LogP contribution in [0.3, 0.4) is 0 Å². The number of imidazole rings is 1. The Labute approximate surface area is 110 Å². The quantitative estimate of drug-likeness (QED) is 0.674. The lowest BCUT2D eigenvalue weighted by atomic mass is 10.1. The van der Waals surface area contributed by atoms with Crippen LogP contribution in [0.2, 0.25) is 0 Å². The van der Waals surface area contributed by atoms with E-state index in [1.165, 1.54) is 0 Å². The Bertz CT molecular complexity index is 753. The number of benzene rings is 1. The highest BCUT2D eigenvalue weighted by atomic mass is 16.3. The Balaban J connectivity index is 2.34. The van der Waals surface area contributed by atoms with Gasteiger partial charge in [-0.15, -0.1) is 0 Å². The maximum Gasteiger partial charge on any atom is 0.185 e. The number of fused-ring (bicyclic) bond motifs is 1. The minimum atomic E-state index is 0.419. The Morgan fingerprint density at radius 3 is 2.84 bits per heavy atom. The van der Waals surface area contributed by atoms with Gasteiger partial charge in [0.1, 0.15) is 11.3 Å². The van der Waals surface area contributed by atoms with Crippen molar-refractivity contribution in [3.05, 3.63) is 42.0 Å². The minimum absolute atomic E-state index is 0.419. The van der Waals surface area contributed by atoms with Crippen LogP contribution in [0.5, 0.6) is 0 Å². The van der Waals surface area contributed by atoms with Crippen LogP contribution >= 0.6 is 0 Å². The monoisotopic (exact) mass is 254 g/mol. The maximum atomic E-state index is 10.9. The Hall–Kier alpha value is -2.36. The first-order chi connectivity index (χ1) is 9.26. The van der Waals surface area contributed by atoms with E-state index in [1.807, 2.05) is 31.3 Å². The van der Waals surface area contributed by atoms with Crippen molar-refractivity contribution < 1.29 is 9.21 Å². The third-order valence-electron chi connectivity index (χ3n) is 3.38. The van der Waals surface area contributed by atoms with Gasteiger partial charge in [0.05, 0.1) is 11.9 Å². The van der Waals surface area contributed by atoms with E-state index < -0.39 is 0 Å². The zero-order valence-corrected chi connectivity index (χ0v) is 10.9. The summed E-state index contributed by atoms with van der Waals surface area (Å²) < 4.78 is 7.67. The second-order valence-electron chi connectivity index (χ2n) is 4.43. The number of aromatic nitrogens is 2. The summed E-state index contributed by atoms with van der Waals surface area (Å²) in [4.78, 5) is 15.0. The van der Waals surface area contributed by atoms with Gasteiger partial charge in [-0.1, -0.05) is 25.1 Å². The van der Waals surface area contributed by atoms with E-state index in [9.17, 15) is 4.79 Å². The van der Waals surface area contributed by atoms with E-state index >= 15 is 0 Å². The van der Waals surface area contributed by atoms with E-state index in [0.29, 0.717) is 5.82 Å². The lowest BCUT2D eigenvalue weighted by molar-refractivity contribution is 0.111. The van der Waals surface area contributed by atoms with Gasteiger partial charge >= 0.3 is 0 Å². The van der Waals surface area contributed by atoms with Gasteiger partial charge < -0.3 is 8.98 Å². The lowest BCUT2D eigenvalue weighted by Crippen LogP contribution is -1.98. The van der Waals surface area contributed by atoms with Crippen LogP contribution < -0.4 is 0 Å². The largest absolute Gasteiger partial charge is 0.460 e. The molecule has 0 aliphatic carbocycles. The normalized spacial score (nSPS) is 11.1. The number of carbonyl (C=O) groups excluding carboxylic acids is 1. The highest BCUT2D eigenvalue weighted by Crippen LogP contribution is 2.35. The summed E-state index contributed by atoms with van der Waals surface area (Å²) in [6.45, 7) is 2.05. The molecule has 4 heteroatoms. The van der Waals surface area contributed by atoms with Crippen molar-refractivity contribution in [1.29, 1.82) is 0 Å². The summed E-state index contributed by atoms with van der Waals surface area (Å²) in [5, 5.41) is 1.06. The van der Waals surface area contributed by atoms with Crippen LogP contribution in [0.25, 0.3) is 22.2 Å². The molecule has 3 aromatic rings. The Morgan fingerprint density at radius 1 is 1.37 bits per heavy atom. The molecule has 0 unspecified atom stereocenters. The van der Waals surface area contributed by atoms with Gasteiger partial charge in [-0.3, -0.25) is 4.79 Å². The number of rotatable bonds is 3. The molecule has 2 aromatic heterocycles. The Morgan fingerprint density at radius 2 is 2.16 bits per heavy atom. The number of hydrogen-bond acceptors (Lipinski definition) is 3. The summed E-state index contributed by atoms with van der Waals surface area (Å²) in [7, 11) is 1.84. The summed E-state index contributed by atoms with van der Waals surface area (Å²) in [6.07, 6.45) is 3.28. The second kappa shape index (κ2) is 4.39. The fourth-order valence-corrected chi connectivity index (χ4v) is 2.39.